The molecule has 1 saturated carbocycles. The van der Waals surface area contributed by atoms with Crippen LogP contribution in [0, 0.1) is 0 Å². The van der Waals surface area contributed by atoms with E-state index in [-0.39, 0.29) is 5.75 Å². The minimum absolute atomic E-state index is 0.275. The summed E-state index contributed by atoms with van der Waals surface area (Å²) in [5, 5.41) is 10.6. The highest BCUT2D eigenvalue weighted by molar-refractivity contribution is 5.32. The van der Waals surface area contributed by atoms with Crippen LogP contribution in [-0.4, -0.2) is 11.5 Å². The van der Waals surface area contributed by atoms with Crippen LogP contribution in [0.2, 0.25) is 0 Å². The molecular formula is C14H17F3O2. The van der Waals surface area contributed by atoms with Gasteiger partial charge in [0.15, 0.2) is 0 Å². The summed E-state index contributed by atoms with van der Waals surface area (Å²) < 4.78 is 40.5. The SMILES string of the molecule is OC1(c2cccc(OC(F)(F)F)c2)CCCCCC1. The molecule has 1 fully saturated rings. The quantitative estimate of drug-likeness (QED) is 0.822. The van der Waals surface area contributed by atoms with Crippen LogP contribution in [0.3, 0.4) is 0 Å². The van der Waals surface area contributed by atoms with Crippen LogP contribution < -0.4 is 4.74 Å². The van der Waals surface area contributed by atoms with Crippen molar-refractivity contribution in [2.24, 2.45) is 0 Å². The first kappa shape index (κ1) is 14.2. The van der Waals surface area contributed by atoms with Gasteiger partial charge in [-0.25, -0.2) is 0 Å². The van der Waals surface area contributed by atoms with E-state index in [0.717, 1.165) is 25.7 Å². The summed E-state index contributed by atoms with van der Waals surface area (Å²) in [7, 11) is 0. The second-order valence-corrected chi connectivity index (χ2v) is 5.02. The van der Waals surface area contributed by atoms with Gasteiger partial charge in [-0.2, -0.15) is 0 Å². The minimum Gasteiger partial charge on any atom is -0.406 e. The number of benzene rings is 1. The van der Waals surface area contributed by atoms with Crippen molar-refractivity contribution in [2.45, 2.75) is 50.5 Å². The highest BCUT2D eigenvalue weighted by atomic mass is 19.4. The van der Waals surface area contributed by atoms with E-state index in [0.29, 0.717) is 18.4 Å². The number of ether oxygens (including phenoxy) is 1. The molecule has 1 aliphatic rings. The third-order valence-electron chi connectivity index (χ3n) is 3.54. The first-order valence-corrected chi connectivity index (χ1v) is 6.48. The van der Waals surface area contributed by atoms with Gasteiger partial charge in [0, 0.05) is 0 Å². The number of hydrogen-bond donors (Lipinski definition) is 1. The van der Waals surface area contributed by atoms with Crippen LogP contribution in [-0.2, 0) is 5.60 Å². The van der Waals surface area contributed by atoms with Gasteiger partial charge in [0.1, 0.15) is 5.75 Å². The maximum Gasteiger partial charge on any atom is 0.573 e. The Labute approximate surface area is 110 Å². The third kappa shape index (κ3) is 3.86. The van der Waals surface area contributed by atoms with Crippen LogP contribution in [0.4, 0.5) is 13.2 Å². The van der Waals surface area contributed by atoms with E-state index in [1.807, 2.05) is 0 Å². The Bertz CT molecular complexity index is 421. The van der Waals surface area contributed by atoms with Gasteiger partial charge in [-0.15, -0.1) is 13.2 Å². The lowest BCUT2D eigenvalue weighted by Gasteiger charge is -2.27. The molecule has 0 spiro atoms. The summed E-state index contributed by atoms with van der Waals surface area (Å²) in [6, 6.07) is 5.68. The van der Waals surface area contributed by atoms with Crippen molar-refractivity contribution >= 4 is 0 Å². The maximum absolute atomic E-state index is 12.2. The first-order chi connectivity index (χ1) is 8.89. The molecule has 2 nitrogen and oxygen atoms in total. The zero-order chi connectivity index (χ0) is 13.9. The van der Waals surface area contributed by atoms with Crippen LogP contribution in [0.25, 0.3) is 0 Å². The zero-order valence-corrected chi connectivity index (χ0v) is 10.5. The van der Waals surface area contributed by atoms with Crippen LogP contribution >= 0.6 is 0 Å². The maximum atomic E-state index is 12.2. The van der Waals surface area contributed by atoms with Crippen LogP contribution in [0.1, 0.15) is 44.1 Å². The molecule has 5 heteroatoms. The monoisotopic (exact) mass is 274 g/mol. The predicted octanol–water partition coefficient (Wildman–Crippen LogP) is 4.13. The second kappa shape index (κ2) is 5.41. The summed E-state index contributed by atoms with van der Waals surface area (Å²) in [6.45, 7) is 0. The van der Waals surface area contributed by atoms with Gasteiger partial charge >= 0.3 is 6.36 Å². The fraction of sp³-hybridized carbons (Fsp3) is 0.571. The number of rotatable bonds is 2. The van der Waals surface area contributed by atoms with E-state index in [2.05, 4.69) is 4.74 Å². The van der Waals surface area contributed by atoms with E-state index in [9.17, 15) is 18.3 Å². The largest absolute Gasteiger partial charge is 0.573 e. The average molecular weight is 274 g/mol. The molecule has 0 atom stereocenters. The Morgan fingerprint density at radius 1 is 1.05 bits per heavy atom. The van der Waals surface area contributed by atoms with Crippen molar-refractivity contribution in [3.05, 3.63) is 29.8 Å². The lowest BCUT2D eigenvalue weighted by molar-refractivity contribution is -0.274. The van der Waals surface area contributed by atoms with Gasteiger partial charge < -0.3 is 9.84 Å². The molecule has 0 bridgehead atoms. The minimum atomic E-state index is -4.70. The second-order valence-electron chi connectivity index (χ2n) is 5.02. The molecule has 1 N–H and O–H groups in total. The molecule has 0 radical (unpaired) electrons. The molecule has 1 aromatic carbocycles. The summed E-state index contributed by atoms with van der Waals surface area (Å²) in [5.74, 6) is -0.275. The smallest absolute Gasteiger partial charge is 0.406 e. The first-order valence-electron chi connectivity index (χ1n) is 6.48. The lowest BCUT2D eigenvalue weighted by atomic mass is 9.86. The van der Waals surface area contributed by atoms with Crippen molar-refractivity contribution in [3.63, 3.8) is 0 Å². The van der Waals surface area contributed by atoms with Gasteiger partial charge in [0.2, 0.25) is 0 Å². The molecule has 0 amide bonds. The van der Waals surface area contributed by atoms with E-state index in [1.165, 1.54) is 18.2 Å². The average Bonchev–Trinajstić information content (AvgIpc) is 2.53. The van der Waals surface area contributed by atoms with Gasteiger partial charge in [0.25, 0.3) is 0 Å². The van der Waals surface area contributed by atoms with Crippen LogP contribution in [0.15, 0.2) is 24.3 Å². The molecule has 0 unspecified atom stereocenters. The molecular weight excluding hydrogens is 257 g/mol. The molecule has 0 aliphatic heterocycles. The molecule has 0 aromatic heterocycles. The Balaban J connectivity index is 2.21. The number of aliphatic hydroxyl groups is 1. The van der Waals surface area contributed by atoms with E-state index < -0.39 is 12.0 Å². The molecule has 1 aliphatic carbocycles. The summed E-state index contributed by atoms with van der Waals surface area (Å²) >= 11 is 0. The molecule has 106 valence electrons. The molecule has 1 aromatic rings. The van der Waals surface area contributed by atoms with E-state index >= 15 is 0 Å². The summed E-state index contributed by atoms with van der Waals surface area (Å²) in [4.78, 5) is 0. The van der Waals surface area contributed by atoms with Gasteiger partial charge in [-0.1, -0.05) is 37.8 Å². The topological polar surface area (TPSA) is 29.5 Å². The van der Waals surface area contributed by atoms with Crippen LogP contribution in [0.5, 0.6) is 5.75 Å². The zero-order valence-electron chi connectivity index (χ0n) is 10.5. The lowest BCUT2D eigenvalue weighted by Crippen LogP contribution is -2.25. The fourth-order valence-electron chi connectivity index (χ4n) is 2.58. The number of alkyl halides is 3. The number of halogens is 3. The molecule has 2 rings (SSSR count). The van der Waals surface area contributed by atoms with Crippen molar-refractivity contribution < 1.29 is 23.0 Å². The predicted molar refractivity (Wildman–Crippen MR) is 64.7 cm³/mol. The fourth-order valence-corrected chi connectivity index (χ4v) is 2.58. The Kier molecular flexibility index (Phi) is 4.04. The van der Waals surface area contributed by atoms with Crippen molar-refractivity contribution in [2.75, 3.05) is 0 Å². The third-order valence-corrected chi connectivity index (χ3v) is 3.54. The molecule has 19 heavy (non-hydrogen) atoms. The Morgan fingerprint density at radius 3 is 2.26 bits per heavy atom. The molecule has 0 heterocycles. The highest BCUT2D eigenvalue weighted by Crippen LogP contribution is 2.37. The Hall–Kier alpha value is -1.23. The van der Waals surface area contributed by atoms with Crippen molar-refractivity contribution in [1.29, 1.82) is 0 Å². The van der Waals surface area contributed by atoms with E-state index in [1.54, 1.807) is 6.07 Å². The van der Waals surface area contributed by atoms with Gasteiger partial charge in [0.05, 0.1) is 5.60 Å². The molecule has 0 saturated heterocycles. The normalized spacial score (nSPS) is 19.8. The standard InChI is InChI=1S/C14H17F3O2/c15-14(16,17)19-12-7-5-6-11(10-12)13(18)8-3-1-2-4-9-13/h5-7,10,18H,1-4,8-9H2. The van der Waals surface area contributed by atoms with E-state index in [4.69, 9.17) is 0 Å². The highest BCUT2D eigenvalue weighted by Gasteiger charge is 2.33. The Morgan fingerprint density at radius 2 is 1.68 bits per heavy atom. The summed E-state index contributed by atoms with van der Waals surface area (Å²) in [6.07, 6.45) is 0.361. The van der Waals surface area contributed by atoms with Crippen molar-refractivity contribution in [3.8, 4) is 5.75 Å². The summed E-state index contributed by atoms with van der Waals surface area (Å²) in [5.41, 5.74) is -0.516. The number of hydrogen-bond acceptors (Lipinski definition) is 2. The van der Waals surface area contributed by atoms with Gasteiger partial charge in [-0.05, 0) is 30.5 Å². The van der Waals surface area contributed by atoms with Crippen molar-refractivity contribution in [1.82, 2.24) is 0 Å². The van der Waals surface area contributed by atoms with Gasteiger partial charge in [-0.3, -0.25) is 0 Å².